The molecule has 0 N–H and O–H groups in total. The van der Waals surface area contributed by atoms with E-state index in [1.54, 1.807) is 6.92 Å². The summed E-state index contributed by atoms with van der Waals surface area (Å²) in [7, 11) is 0. The van der Waals surface area contributed by atoms with Crippen LogP contribution >= 0.6 is 15.9 Å². The molecular weight excluding hydrogens is 438 g/mol. The van der Waals surface area contributed by atoms with Gasteiger partial charge in [-0.05, 0) is 43.7 Å². The highest BCUT2D eigenvalue weighted by Crippen LogP contribution is 2.45. The van der Waals surface area contributed by atoms with Crippen LogP contribution in [0.5, 0.6) is 0 Å². The van der Waals surface area contributed by atoms with Gasteiger partial charge in [-0.2, -0.15) is 0 Å². The number of carbonyl (C=O) groups excluding carboxylic acids is 2. The molecule has 3 aromatic rings. The van der Waals surface area contributed by atoms with Crippen molar-refractivity contribution in [3.05, 3.63) is 112 Å². The Balaban J connectivity index is 1.93. The van der Waals surface area contributed by atoms with Gasteiger partial charge in [0.05, 0.1) is 0 Å². The molecule has 0 radical (unpaired) electrons. The van der Waals surface area contributed by atoms with Gasteiger partial charge < -0.3 is 4.90 Å². The van der Waals surface area contributed by atoms with Crippen molar-refractivity contribution in [3.8, 4) is 0 Å². The molecule has 0 aromatic heterocycles. The summed E-state index contributed by atoms with van der Waals surface area (Å²) in [5.41, 5.74) is 4.02. The molecule has 0 bridgehead atoms. The fourth-order valence-corrected chi connectivity index (χ4v) is 4.61. The number of halogens is 1. The molecule has 1 aliphatic rings. The van der Waals surface area contributed by atoms with E-state index >= 15 is 0 Å². The van der Waals surface area contributed by atoms with Crippen molar-refractivity contribution in [1.82, 2.24) is 0 Å². The first-order valence-corrected chi connectivity index (χ1v) is 10.7. The molecule has 0 spiro atoms. The molecule has 0 fully saturated rings. The van der Waals surface area contributed by atoms with E-state index in [1.165, 1.54) is 0 Å². The first-order valence-electron chi connectivity index (χ1n) is 9.89. The van der Waals surface area contributed by atoms with Crippen LogP contribution in [0.25, 0.3) is 0 Å². The summed E-state index contributed by atoms with van der Waals surface area (Å²) in [6.45, 7) is 3.52. The van der Waals surface area contributed by atoms with Gasteiger partial charge in [0.1, 0.15) is 6.04 Å². The van der Waals surface area contributed by atoms with Gasteiger partial charge in [0.2, 0.25) is 0 Å². The van der Waals surface area contributed by atoms with E-state index in [9.17, 15) is 9.59 Å². The van der Waals surface area contributed by atoms with Crippen LogP contribution in [-0.4, -0.2) is 17.6 Å². The van der Waals surface area contributed by atoms with Crippen molar-refractivity contribution in [1.29, 1.82) is 0 Å². The van der Waals surface area contributed by atoms with E-state index in [-0.39, 0.29) is 17.5 Å². The maximum absolute atomic E-state index is 13.8. The SMILES string of the molecule is CC(=O)C1=C(C)N(c2ccccc2)C(C(=O)c2ccccc2)C1c1ccc(Br)cc1. The van der Waals surface area contributed by atoms with Crippen molar-refractivity contribution in [2.24, 2.45) is 0 Å². The number of hydrogen-bond acceptors (Lipinski definition) is 3. The second kappa shape index (κ2) is 8.41. The van der Waals surface area contributed by atoms with Crippen LogP contribution in [-0.2, 0) is 4.79 Å². The molecule has 3 aromatic carbocycles. The number of hydrogen-bond donors (Lipinski definition) is 0. The lowest BCUT2D eigenvalue weighted by Crippen LogP contribution is -2.40. The molecule has 150 valence electrons. The van der Waals surface area contributed by atoms with Crippen molar-refractivity contribution >= 4 is 33.2 Å². The highest BCUT2D eigenvalue weighted by molar-refractivity contribution is 9.10. The first-order chi connectivity index (χ1) is 14.5. The minimum atomic E-state index is -0.533. The number of carbonyl (C=O) groups is 2. The molecule has 1 heterocycles. The third-order valence-corrected chi connectivity index (χ3v) is 6.15. The fourth-order valence-electron chi connectivity index (χ4n) is 4.35. The molecule has 30 heavy (non-hydrogen) atoms. The Morgan fingerprint density at radius 1 is 0.833 bits per heavy atom. The summed E-state index contributed by atoms with van der Waals surface area (Å²) in [4.78, 5) is 28.6. The van der Waals surface area contributed by atoms with Crippen LogP contribution in [0.3, 0.4) is 0 Å². The minimum Gasteiger partial charge on any atom is -0.333 e. The van der Waals surface area contributed by atoms with Crippen LogP contribution < -0.4 is 4.90 Å². The monoisotopic (exact) mass is 459 g/mol. The number of benzene rings is 3. The molecule has 0 saturated carbocycles. The van der Waals surface area contributed by atoms with Crippen LogP contribution in [0.4, 0.5) is 5.69 Å². The molecule has 0 saturated heterocycles. The fraction of sp³-hybridized carbons (Fsp3) is 0.154. The number of Topliss-reactive ketones (excluding diaryl/α,β-unsaturated/α-hetero) is 2. The van der Waals surface area contributed by atoms with Crippen molar-refractivity contribution < 1.29 is 9.59 Å². The lowest BCUT2D eigenvalue weighted by atomic mass is 9.82. The third kappa shape index (κ3) is 3.63. The number of ketones is 2. The predicted molar refractivity (Wildman–Crippen MR) is 124 cm³/mol. The first kappa shape index (κ1) is 20.3. The summed E-state index contributed by atoms with van der Waals surface area (Å²) in [6, 6.07) is 26.5. The Bertz CT molecular complexity index is 1100. The van der Waals surface area contributed by atoms with Crippen molar-refractivity contribution in [2.75, 3.05) is 4.90 Å². The van der Waals surface area contributed by atoms with Gasteiger partial charge in [0.25, 0.3) is 0 Å². The van der Waals surface area contributed by atoms with Gasteiger partial charge in [0, 0.05) is 32.9 Å². The second-order valence-electron chi connectivity index (χ2n) is 7.47. The van der Waals surface area contributed by atoms with E-state index in [1.807, 2.05) is 96.8 Å². The average Bonchev–Trinajstić information content (AvgIpc) is 3.08. The second-order valence-corrected chi connectivity index (χ2v) is 8.38. The van der Waals surface area contributed by atoms with E-state index in [4.69, 9.17) is 0 Å². The van der Waals surface area contributed by atoms with Crippen molar-refractivity contribution in [3.63, 3.8) is 0 Å². The van der Waals surface area contributed by atoms with Crippen LogP contribution in [0.1, 0.15) is 35.7 Å². The number of nitrogens with zero attached hydrogens (tertiary/aromatic N) is 1. The number of anilines is 1. The summed E-state index contributed by atoms with van der Waals surface area (Å²) in [6.07, 6.45) is 0. The molecule has 0 aliphatic carbocycles. The molecule has 2 atom stereocenters. The van der Waals surface area contributed by atoms with Crippen LogP contribution in [0.15, 0.2) is 101 Å². The van der Waals surface area contributed by atoms with Gasteiger partial charge in [-0.15, -0.1) is 0 Å². The Hall–Kier alpha value is -2.98. The summed E-state index contributed by atoms with van der Waals surface area (Å²) in [5.74, 6) is -0.351. The van der Waals surface area contributed by atoms with E-state index in [0.717, 1.165) is 21.4 Å². The maximum atomic E-state index is 13.8. The summed E-state index contributed by atoms with van der Waals surface area (Å²) in [5, 5.41) is 0. The Labute approximate surface area is 185 Å². The Morgan fingerprint density at radius 2 is 1.40 bits per heavy atom. The predicted octanol–water partition coefficient (Wildman–Crippen LogP) is 6.17. The van der Waals surface area contributed by atoms with E-state index in [0.29, 0.717) is 11.1 Å². The van der Waals surface area contributed by atoms with E-state index in [2.05, 4.69) is 15.9 Å². The smallest absolute Gasteiger partial charge is 0.186 e. The number of rotatable bonds is 5. The number of allylic oxidation sites excluding steroid dienone is 1. The highest BCUT2D eigenvalue weighted by Gasteiger charge is 2.46. The molecule has 1 aliphatic heterocycles. The summed E-state index contributed by atoms with van der Waals surface area (Å²) >= 11 is 3.48. The zero-order valence-corrected chi connectivity index (χ0v) is 18.5. The molecule has 4 rings (SSSR count). The largest absolute Gasteiger partial charge is 0.333 e. The molecule has 0 amide bonds. The summed E-state index contributed by atoms with van der Waals surface area (Å²) < 4.78 is 0.958. The Morgan fingerprint density at radius 3 is 1.97 bits per heavy atom. The van der Waals surface area contributed by atoms with Crippen LogP contribution in [0.2, 0.25) is 0 Å². The van der Waals surface area contributed by atoms with Gasteiger partial charge >= 0.3 is 0 Å². The van der Waals surface area contributed by atoms with Gasteiger partial charge in [-0.25, -0.2) is 0 Å². The lowest BCUT2D eigenvalue weighted by molar-refractivity contribution is -0.113. The minimum absolute atomic E-state index is 0.00275. The topological polar surface area (TPSA) is 37.4 Å². The molecular formula is C26H22BrNO2. The van der Waals surface area contributed by atoms with Crippen molar-refractivity contribution in [2.45, 2.75) is 25.8 Å². The van der Waals surface area contributed by atoms with Gasteiger partial charge in [0.15, 0.2) is 11.6 Å². The molecule has 2 unspecified atom stereocenters. The highest BCUT2D eigenvalue weighted by atomic mass is 79.9. The molecule has 3 nitrogen and oxygen atoms in total. The standard InChI is InChI=1S/C26H22BrNO2/c1-17-23(18(2)29)24(19-13-15-21(27)16-14-19)25(26(30)20-9-5-3-6-10-20)28(17)22-11-7-4-8-12-22/h3-16,24-25H,1-2H3. The lowest BCUT2D eigenvalue weighted by Gasteiger charge is -2.31. The third-order valence-electron chi connectivity index (χ3n) is 5.63. The zero-order valence-electron chi connectivity index (χ0n) is 16.9. The normalized spacial score (nSPS) is 18.6. The zero-order chi connectivity index (χ0) is 21.3. The van der Waals surface area contributed by atoms with Gasteiger partial charge in [-0.1, -0.05) is 76.6 Å². The quantitative estimate of drug-likeness (QED) is 0.428. The van der Waals surface area contributed by atoms with E-state index < -0.39 is 6.04 Å². The molecule has 4 heteroatoms. The van der Waals surface area contributed by atoms with Gasteiger partial charge in [-0.3, -0.25) is 9.59 Å². The maximum Gasteiger partial charge on any atom is 0.186 e. The Kier molecular flexibility index (Phi) is 5.69. The number of para-hydroxylation sites is 1. The van der Waals surface area contributed by atoms with Crippen LogP contribution in [0, 0.1) is 0 Å². The average molecular weight is 460 g/mol.